The summed E-state index contributed by atoms with van der Waals surface area (Å²) >= 11 is 0. The van der Waals surface area contributed by atoms with E-state index in [-0.39, 0.29) is 5.76 Å². The second kappa shape index (κ2) is 8.42. The number of amides is 2. The van der Waals surface area contributed by atoms with Crippen LogP contribution in [0.15, 0.2) is 46.9 Å². The monoisotopic (exact) mass is 363 g/mol. The highest BCUT2D eigenvalue weighted by molar-refractivity contribution is 5.93. The molecule has 2 N–H and O–H groups in total. The molecule has 0 unspecified atom stereocenters. The molecule has 0 aliphatic heterocycles. The summed E-state index contributed by atoms with van der Waals surface area (Å²) in [4.78, 5) is 33.2. The highest BCUT2D eigenvalue weighted by Gasteiger charge is 2.15. The Morgan fingerprint density at radius 1 is 1.23 bits per heavy atom. The van der Waals surface area contributed by atoms with Crippen molar-refractivity contribution in [1.29, 1.82) is 0 Å². The lowest BCUT2D eigenvalue weighted by Crippen LogP contribution is -2.46. The van der Waals surface area contributed by atoms with Crippen molar-refractivity contribution < 1.29 is 28.1 Å². The van der Waals surface area contributed by atoms with Gasteiger partial charge in [-0.25, -0.2) is 4.39 Å². The maximum atomic E-state index is 12.8. The van der Waals surface area contributed by atoms with Crippen LogP contribution in [0, 0.1) is 15.9 Å². The number of carbonyl (C=O) groups is 2. The van der Waals surface area contributed by atoms with Gasteiger partial charge in [0, 0.05) is 6.08 Å². The van der Waals surface area contributed by atoms with Gasteiger partial charge in [0.25, 0.3) is 11.8 Å². The van der Waals surface area contributed by atoms with Crippen molar-refractivity contribution in [2.24, 2.45) is 0 Å². The van der Waals surface area contributed by atoms with E-state index in [2.05, 4.69) is 10.9 Å². The third-order valence-corrected chi connectivity index (χ3v) is 3.00. The van der Waals surface area contributed by atoms with E-state index in [9.17, 15) is 24.1 Å². The third-order valence-electron chi connectivity index (χ3n) is 3.00. The molecule has 0 aliphatic rings. The van der Waals surface area contributed by atoms with E-state index in [0.29, 0.717) is 5.75 Å². The summed E-state index contributed by atoms with van der Waals surface area (Å²) in [5.41, 5.74) is 4.26. The van der Waals surface area contributed by atoms with Crippen molar-refractivity contribution >= 4 is 23.8 Å². The number of benzene rings is 1. The number of furan rings is 1. The zero-order valence-electron chi connectivity index (χ0n) is 13.5. The Balaban J connectivity index is 1.79. The molecule has 0 fully saturated rings. The summed E-state index contributed by atoms with van der Waals surface area (Å²) in [5, 5.41) is 10.5. The summed E-state index contributed by atoms with van der Waals surface area (Å²) in [6, 6.07) is 7.57. The highest BCUT2D eigenvalue weighted by Crippen LogP contribution is 2.16. The topological polar surface area (TPSA) is 124 Å². The van der Waals surface area contributed by atoms with Gasteiger partial charge in [0.2, 0.25) is 0 Å². The van der Waals surface area contributed by atoms with Gasteiger partial charge in [0.05, 0.1) is 6.07 Å². The molecule has 0 saturated carbocycles. The Morgan fingerprint density at radius 3 is 2.54 bits per heavy atom. The van der Waals surface area contributed by atoms with Crippen LogP contribution in [0.4, 0.5) is 10.3 Å². The normalized spacial score (nSPS) is 11.8. The molecule has 2 rings (SSSR count). The number of rotatable bonds is 6. The summed E-state index contributed by atoms with van der Waals surface area (Å²) < 4.78 is 22.9. The minimum absolute atomic E-state index is 0.103. The number of halogens is 1. The zero-order chi connectivity index (χ0) is 19.1. The first-order valence-electron chi connectivity index (χ1n) is 7.29. The summed E-state index contributed by atoms with van der Waals surface area (Å²) in [6.07, 6.45) is 1.28. The molecule has 1 aromatic heterocycles. The maximum Gasteiger partial charge on any atom is 0.433 e. The molecular formula is C16H14FN3O6. The van der Waals surface area contributed by atoms with Crippen LogP contribution in [-0.4, -0.2) is 22.8 Å². The molecule has 0 radical (unpaired) electrons. The predicted molar refractivity (Wildman–Crippen MR) is 87.2 cm³/mol. The average molecular weight is 363 g/mol. The van der Waals surface area contributed by atoms with Gasteiger partial charge < -0.3 is 9.15 Å². The number of hydrazine groups is 1. The number of carbonyl (C=O) groups excluding carboxylic acids is 2. The van der Waals surface area contributed by atoms with Crippen molar-refractivity contribution in [2.45, 2.75) is 13.0 Å². The summed E-state index contributed by atoms with van der Waals surface area (Å²) in [5.74, 6) is -1.82. The van der Waals surface area contributed by atoms with Crippen LogP contribution in [0.3, 0.4) is 0 Å². The molecule has 2 amide bonds. The molecule has 0 saturated heterocycles. The van der Waals surface area contributed by atoms with E-state index in [4.69, 9.17) is 9.15 Å². The van der Waals surface area contributed by atoms with Gasteiger partial charge in [-0.2, -0.15) is 0 Å². The fraction of sp³-hybridized carbons (Fsp3) is 0.125. The molecule has 9 nitrogen and oxygen atoms in total. The molecule has 1 aromatic carbocycles. The van der Waals surface area contributed by atoms with E-state index in [1.54, 1.807) is 0 Å². The first-order valence-corrected chi connectivity index (χ1v) is 7.29. The Labute approximate surface area is 146 Å². The quantitative estimate of drug-likeness (QED) is 0.459. The number of hydrogen-bond donors (Lipinski definition) is 2. The Hall–Kier alpha value is -3.69. The number of hydrogen-bond acceptors (Lipinski definition) is 6. The van der Waals surface area contributed by atoms with E-state index in [1.165, 1.54) is 43.3 Å². The molecule has 1 heterocycles. The van der Waals surface area contributed by atoms with Crippen molar-refractivity contribution in [1.82, 2.24) is 10.9 Å². The Kier molecular flexibility index (Phi) is 6.04. The Bertz CT molecular complexity index is 831. The second-order valence-electron chi connectivity index (χ2n) is 4.96. The Morgan fingerprint density at radius 2 is 1.92 bits per heavy atom. The van der Waals surface area contributed by atoms with Crippen molar-refractivity contribution in [3.8, 4) is 5.75 Å². The number of nitrogens with one attached hydrogen (secondary N) is 2. The maximum absolute atomic E-state index is 12.8. The molecule has 0 bridgehead atoms. The second-order valence-corrected chi connectivity index (χ2v) is 4.96. The fourth-order valence-corrected chi connectivity index (χ4v) is 1.73. The van der Waals surface area contributed by atoms with Crippen molar-refractivity contribution in [3.05, 3.63) is 64.2 Å². The largest absolute Gasteiger partial charge is 0.481 e. The molecular weight excluding hydrogens is 349 g/mol. The first-order chi connectivity index (χ1) is 12.3. The third kappa shape index (κ3) is 5.44. The van der Waals surface area contributed by atoms with Crippen LogP contribution >= 0.6 is 0 Å². The highest BCUT2D eigenvalue weighted by atomic mass is 19.1. The van der Waals surface area contributed by atoms with Gasteiger partial charge in [-0.1, -0.05) is 0 Å². The number of ether oxygens (including phenoxy) is 1. The molecule has 0 spiro atoms. The van der Waals surface area contributed by atoms with Crippen LogP contribution in [0.25, 0.3) is 6.08 Å². The van der Waals surface area contributed by atoms with Crippen LogP contribution in [0.2, 0.25) is 0 Å². The predicted octanol–water partition coefficient (Wildman–Crippen LogP) is 1.95. The lowest BCUT2D eigenvalue weighted by Gasteiger charge is -2.14. The van der Waals surface area contributed by atoms with E-state index >= 15 is 0 Å². The van der Waals surface area contributed by atoms with Crippen LogP contribution in [0.1, 0.15) is 12.7 Å². The van der Waals surface area contributed by atoms with Crippen LogP contribution in [0.5, 0.6) is 5.75 Å². The van der Waals surface area contributed by atoms with E-state index in [1.807, 2.05) is 0 Å². The molecule has 136 valence electrons. The van der Waals surface area contributed by atoms with E-state index < -0.39 is 34.5 Å². The molecule has 2 aromatic rings. The summed E-state index contributed by atoms with van der Waals surface area (Å²) in [6.45, 7) is 1.45. The lowest BCUT2D eigenvalue weighted by molar-refractivity contribution is -0.402. The SMILES string of the molecule is C[C@H](Oc1ccc(F)cc1)C(=O)NNC(=O)/C=C/c1ccc([N+](=O)[O-])o1. The number of nitrogens with zero attached hydrogens (tertiary/aromatic N) is 1. The lowest BCUT2D eigenvalue weighted by atomic mass is 10.3. The number of nitro groups is 1. The standard InChI is InChI=1S/C16H14FN3O6/c1-10(25-12-4-2-11(17)3-5-12)16(22)19-18-14(21)8-6-13-7-9-15(26-13)20(23)24/h2-10H,1H3,(H,18,21)(H,19,22)/b8-6+/t10-/m0/s1. The average Bonchev–Trinajstić information content (AvgIpc) is 3.09. The fourth-order valence-electron chi connectivity index (χ4n) is 1.73. The molecule has 0 aliphatic carbocycles. The van der Waals surface area contributed by atoms with Gasteiger partial charge in [-0.15, -0.1) is 0 Å². The summed E-state index contributed by atoms with van der Waals surface area (Å²) in [7, 11) is 0. The van der Waals surface area contributed by atoms with Crippen LogP contribution < -0.4 is 15.6 Å². The molecule has 10 heteroatoms. The van der Waals surface area contributed by atoms with Crippen molar-refractivity contribution in [3.63, 3.8) is 0 Å². The minimum Gasteiger partial charge on any atom is -0.481 e. The van der Waals surface area contributed by atoms with Gasteiger partial charge in [0.15, 0.2) is 6.10 Å². The van der Waals surface area contributed by atoms with Gasteiger partial charge in [-0.3, -0.25) is 30.6 Å². The van der Waals surface area contributed by atoms with Gasteiger partial charge in [-0.05, 0) is 43.3 Å². The first kappa shape index (κ1) is 18.6. The van der Waals surface area contributed by atoms with Gasteiger partial charge in [0.1, 0.15) is 22.3 Å². The zero-order valence-corrected chi connectivity index (χ0v) is 13.5. The molecule has 1 atom stereocenters. The van der Waals surface area contributed by atoms with Crippen molar-refractivity contribution in [2.75, 3.05) is 0 Å². The smallest absolute Gasteiger partial charge is 0.433 e. The minimum atomic E-state index is -0.947. The molecule has 26 heavy (non-hydrogen) atoms. The van der Waals surface area contributed by atoms with Gasteiger partial charge >= 0.3 is 5.88 Å². The van der Waals surface area contributed by atoms with Crippen LogP contribution in [-0.2, 0) is 9.59 Å². The van der Waals surface area contributed by atoms with E-state index in [0.717, 1.165) is 12.1 Å².